The van der Waals surface area contributed by atoms with Gasteiger partial charge in [-0.05, 0) is 31.4 Å². The fourth-order valence-corrected chi connectivity index (χ4v) is 2.12. The number of nitrogens with one attached hydrogen (secondary N) is 1. The van der Waals surface area contributed by atoms with Crippen molar-refractivity contribution in [1.82, 2.24) is 15.2 Å². The molecule has 0 aliphatic carbocycles. The van der Waals surface area contributed by atoms with Crippen LogP contribution in [0.15, 0.2) is 24.3 Å². The topological polar surface area (TPSA) is 83.7 Å². The molecule has 0 aliphatic rings. The smallest absolute Gasteiger partial charge is 0.247 e. The fraction of sp³-hybridized carbons (Fsp3) is 0.412. The van der Waals surface area contributed by atoms with Crippen LogP contribution in [0.1, 0.15) is 38.1 Å². The summed E-state index contributed by atoms with van der Waals surface area (Å²) in [6.45, 7) is 4.63. The summed E-state index contributed by atoms with van der Waals surface area (Å²) < 4.78 is 5.62. The highest BCUT2D eigenvalue weighted by Gasteiger charge is 2.06. The fourth-order valence-electron chi connectivity index (χ4n) is 2.12. The van der Waals surface area contributed by atoms with Crippen LogP contribution in [0, 0.1) is 11.3 Å². The Hall–Kier alpha value is -2.68. The van der Waals surface area contributed by atoms with Crippen molar-refractivity contribution in [2.45, 2.75) is 39.5 Å². The molecule has 0 atom stereocenters. The second-order valence-electron chi connectivity index (χ2n) is 5.00. The van der Waals surface area contributed by atoms with Crippen molar-refractivity contribution in [2.24, 2.45) is 0 Å². The number of benzene rings is 1. The molecule has 0 spiro atoms. The third kappa shape index (κ3) is 4.92. The number of aryl methyl sites for hydroxylation is 2. The predicted octanol–water partition coefficient (Wildman–Crippen LogP) is 3.42. The van der Waals surface area contributed by atoms with E-state index in [1.165, 1.54) is 0 Å². The van der Waals surface area contributed by atoms with Crippen molar-refractivity contribution in [3.63, 3.8) is 0 Å². The minimum Gasteiger partial charge on any atom is -0.493 e. The molecular weight excluding hydrogens is 290 g/mol. The van der Waals surface area contributed by atoms with E-state index in [4.69, 9.17) is 10.00 Å². The number of unbranched alkanes of at least 4 members (excludes halogenated alkanes) is 1. The van der Waals surface area contributed by atoms with E-state index >= 15 is 0 Å². The highest BCUT2D eigenvalue weighted by atomic mass is 16.5. The number of ether oxygens (including phenoxy) is 1. The number of hydrogen-bond acceptors (Lipinski definition) is 6. The molecule has 1 N–H and O–H groups in total. The van der Waals surface area contributed by atoms with Gasteiger partial charge >= 0.3 is 0 Å². The van der Waals surface area contributed by atoms with Crippen LogP contribution in [-0.4, -0.2) is 21.8 Å². The van der Waals surface area contributed by atoms with E-state index in [2.05, 4.69) is 33.5 Å². The molecular formula is C17H21N5O. The molecule has 2 aromatic rings. The number of nitriles is 1. The van der Waals surface area contributed by atoms with Gasteiger partial charge < -0.3 is 10.1 Å². The molecule has 6 nitrogen and oxygen atoms in total. The first-order chi connectivity index (χ1) is 11.3. The molecule has 1 heterocycles. The van der Waals surface area contributed by atoms with Crippen molar-refractivity contribution in [1.29, 1.82) is 5.26 Å². The molecule has 2 rings (SSSR count). The van der Waals surface area contributed by atoms with Gasteiger partial charge in [0.05, 0.1) is 24.1 Å². The Morgan fingerprint density at radius 2 is 2.00 bits per heavy atom. The van der Waals surface area contributed by atoms with E-state index in [-0.39, 0.29) is 0 Å². The van der Waals surface area contributed by atoms with Crippen LogP contribution in [0.2, 0.25) is 0 Å². The van der Waals surface area contributed by atoms with Gasteiger partial charge in [0.15, 0.2) is 0 Å². The maximum Gasteiger partial charge on any atom is 0.247 e. The number of aromatic nitrogens is 3. The van der Waals surface area contributed by atoms with Crippen LogP contribution in [0.25, 0.3) is 0 Å². The number of anilines is 2. The summed E-state index contributed by atoms with van der Waals surface area (Å²) >= 11 is 0. The Bertz CT molecular complexity index is 681. The molecule has 0 amide bonds. The van der Waals surface area contributed by atoms with Gasteiger partial charge in [0.2, 0.25) is 5.95 Å². The first kappa shape index (κ1) is 16.7. The molecule has 0 saturated heterocycles. The van der Waals surface area contributed by atoms with Crippen LogP contribution >= 0.6 is 0 Å². The van der Waals surface area contributed by atoms with Crippen molar-refractivity contribution in [3.8, 4) is 11.8 Å². The van der Waals surface area contributed by atoms with Crippen molar-refractivity contribution >= 4 is 11.6 Å². The van der Waals surface area contributed by atoms with E-state index < -0.39 is 0 Å². The zero-order valence-electron chi connectivity index (χ0n) is 13.5. The normalized spacial score (nSPS) is 10.1. The molecule has 23 heavy (non-hydrogen) atoms. The van der Waals surface area contributed by atoms with Gasteiger partial charge in [0.25, 0.3) is 0 Å². The maximum atomic E-state index is 8.52. The standard InChI is InChI=1S/C17H21N5O/c1-3-15-16(4-2)21-22-17(20-15)19-13-8-7-9-14(12-13)23-11-6-5-10-18/h7-9,12H,3-6,11H2,1-2H3,(H,19,20,22). The SMILES string of the molecule is CCc1nnc(Nc2cccc(OCCCC#N)c2)nc1CC. The molecule has 0 saturated carbocycles. The minimum atomic E-state index is 0.487. The van der Waals surface area contributed by atoms with Crippen molar-refractivity contribution < 1.29 is 4.74 Å². The predicted molar refractivity (Wildman–Crippen MR) is 88.6 cm³/mol. The third-order valence-corrected chi connectivity index (χ3v) is 3.30. The molecule has 0 radical (unpaired) electrons. The lowest BCUT2D eigenvalue weighted by Gasteiger charge is -2.10. The van der Waals surface area contributed by atoms with Gasteiger partial charge in [-0.1, -0.05) is 19.9 Å². The van der Waals surface area contributed by atoms with Crippen LogP contribution in [0.3, 0.4) is 0 Å². The minimum absolute atomic E-state index is 0.487. The van der Waals surface area contributed by atoms with Crippen LogP contribution in [0.4, 0.5) is 11.6 Å². The number of nitrogens with zero attached hydrogens (tertiary/aromatic N) is 4. The molecule has 0 bridgehead atoms. The lowest BCUT2D eigenvalue weighted by Crippen LogP contribution is -2.06. The van der Waals surface area contributed by atoms with E-state index in [0.29, 0.717) is 19.0 Å². The molecule has 0 unspecified atom stereocenters. The highest BCUT2D eigenvalue weighted by Crippen LogP contribution is 2.20. The van der Waals surface area contributed by atoms with E-state index in [1.54, 1.807) is 0 Å². The summed E-state index contributed by atoms with van der Waals surface area (Å²) in [5.41, 5.74) is 2.75. The summed E-state index contributed by atoms with van der Waals surface area (Å²) in [7, 11) is 0. The van der Waals surface area contributed by atoms with Gasteiger partial charge in [-0.2, -0.15) is 5.26 Å². The van der Waals surface area contributed by atoms with Gasteiger partial charge in [0.1, 0.15) is 5.75 Å². The van der Waals surface area contributed by atoms with Gasteiger partial charge in [-0.3, -0.25) is 0 Å². The second kappa shape index (κ2) is 8.69. The lowest BCUT2D eigenvalue weighted by atomic mass is 10.2. The Labute approximate surface area is 136 Å². The lowest BCUT2D eigenvalue weighted by molar-refractivity contribution is 0.313. The number of hydrogen-bond donors (Lipinski definition) is 1. The van der Waals surface area contributed by atoms with E-state index in [9.17, 15) is 0 Å². The first-order valence-corrected chi connectivity index (χ1v) is 7.86. The Morgan fingerprint density at radius 3 is 2.74 bits per heavy atom. The Morgan fingerprint density at radius 1 is 1.17 bits per heavy atom. The average molecular weight is 311 g/mol. The van der Waals surface area contributed by atoms with Crippen molar-refractivity contribution in [2.75, 3.05) is 11.9 Å². The second-order valence-corrected chi connectivity index (χ2v) is 5.00. The molecule has 6 heteroatoms. The van der Waals surface area contributed by atoms with Crippen molar-refractivity contribution in [3.05, 3.63) is 35.7 Å². The van der Waals surface area contributed by atoms with Gasteiger partial charge in [-0.25, -0.2) is 4.98 Å². The zero-order chi connectivity index (χ0) is 16.5. The Kier molecular flexibility index (Phi) is 6.30. The zero-order valence-corrected chi connectivity index (χ0v) is 13.5. The number of rotatable bonds is 8. The Balaban J connectivity index is 2.04. The van der Waals surface area contributed by atoms with Gasteiger partial charge in [0, 0.05) is 18.2 Å². The molecule has 1 aromatic carbocycles. The summed E-state index contributed by atoms with van der Waals surface area (Å²) in [5.74, 6) is 1.24. The summed E-state index contributed by atoms with van der Waals surface area (Å²) in [4.78, 5) is 4.51. The highest BCUT2D eigenvalue weighted by molar-refractivity contribution is 5.55. The quantitative estimate of drug-likeness (QED) is 0.752. The van der Waals surface area contributed by atoms with Crippen LogP contribution < -0.4 is 10.1 Å². The summed E-state index contributed by atoms with van der Waals surface area (Å²) in [5, 5.41) is 20.0. The third-order valence-electron chi connectivity index (χ3n) is 3.30. The molecule has 0 fully saturated rings. The molecule has 1 aromatic heterocycles. The van der Waals surface area contributed by atoms with E-state index in [0.717, 1.165) is 42.1 Å². The molecule has 0 aliphatic heterocycles. The summed E-state index contributed by atoms with van der Waals surface area (Å²) in [6.07, 6.45) is 2.88. The average Bonchev–Trinajstić information content (AvgIpc) is 2.59. The summed E-state index contributed by atoms with van der Waals surface area (Å²) in [6, 6.07) is 9.69. The monoisotopic (exact) mass is 311 g/mol. The maximum absolute atomic E-state index is 8.52. The van der Waals surface area contributed by atoms with Crippen LogP contribution in [-0.2, 0) is 12.8 Å². The molecule has 120 valence electrons. The van der Waals surface area contributed by atoms with Gasteiger partial charge in [-0.15, -0.1) is 10.2 Å². The van der Waals surface area contributed by atoms with Crippen LogP contribution in [0.5, 0.6) is 5.75 Å². The first-order valence-electron chi connectivity index (χ1n) is 7.86. The van der Waals surface area contributed by atoms with E-state index in [1.807, 2.05) is 31.2 Å². The largest absolute Gasteiger partial charge is 0.493 e.